The quantitative estimate of drug-likeness (QED) is 0.699. The molecule has 7 heteroatoms. The normalized spacial score (nSPS) is 12.6. The third kappa shape index (κ3) is 10.3. The summed E-state index contributed by atoms with van der Waals surface area (Å²) < 4.78 is 40.4. The lowest BCUT2D eigenvalue weighted by atomic mass is 9.90. The van der Waals surface area contributed by atoms with Gasteiger partial charge in [-0.25, -0.2) is 0 Å². The first-order valence-corrected chi connectivity index (χ1v) is 5.69. The minimum atomic E-state index is -4.37. The molecule has 0 heterocycles. The lowest BCUT2D eigenvalue weighted by Crippen LogP contribution is -2.41. The van der Waals surface area contributed by atoms with Crippen LogP contribution in [0.4, 0.5) is 13.2 Å². The molecule has 0 radical (unpaired) electrons. The van der Waals surface area contributed by atoms with Crippen molar-refractivity contribution in [3.63, 3.8) is 0 Å². The molecule has 0 aliphatic carbocycles. The molecule has 108 valence electrons. The minimum Gasteiger partial charge on any atom is -0.385 e. The maximum atomic E-state index is 11.8. The second-order valence-electron chi connectivity index (χ2n) is 4.90. The Balaban J connectivity index is 3.73. The van der Waals surface area contributed by atoms with Crippen LogP contribution in [-0.4, -0.2) is 45.4 Å². The van der Waals surface area contributed by atoms with E-state index in [1.807, 2.05) is 13.8 Å². The number of rotatable bonds is 8. The van der Waals surface area contributed by atoms with Gasteiger partial charge in [-0.05, 0) is 11.8 Å². The van der Waals surface area contributed by atoms with Crippen LogP contribution in [0.25, 0.3) is 0 Å². The Morgan fingerprint density at radius 2 is 1.83 bits per heavy atom. The molecule has 0 bridgehead atoms. The molecule has 0 aliphatic heterocycles. The van der Waals surface area contributed by atoms with Crippen LogP contribution in [0.1, 0.15) is 20.3 Å². The zero-order valence-corrected chi connectivity index (χ0v) is 11.0. The summed E-state index contributed by atoms with van der Waals surface area (Å²) >= 11 is 0. The van der Waals surface area contributed by atoms with Crippen molar-refractivity contribution in [3.05, 3.63) is 0 Å². The van der Waals surface area contributed by atoms with Gasteiger partial charge in [0.05, 0.1) is 6.54 Å². The third-order valence-electron chi connectivity index (χ3n) is 2.36. The Kier molecular flexibility index (Phi) is 7.23. The molecular weight excluding hydrogens is 249 g/mol. The number of alkyl halides is 3. The van der Waals surface area contributed by atoms with Crippen molar-refractivity contribution in [2.45, 2.75) is 26.4 Å². The van der Waals surface area contributed by atoms with Gasteiger partial charge in [0.25, 0.3) is 0 Å². The molecule has 0 spiro atoms. The number of halogens is 3. The first kappa shape index (κ1) is 17.2. The number of methoxy groups -OCH3 is 1. The summed E-state index contributed by atoms with van der Waals surface area (Å²) in [7, 11) is 1.61. The van der Waals surface area contributed by atoms with Crippen LogP contribution in [0.15, 0.2) is 0 Å². The van der Waals surface area contributed by atoms with E-state index >= 15 is 0 Å². The predicted octanol–water partition coefficient (Wildman–Crippen LogP) is 1.32. The number of ether oxygens (including phenoxy) is 1. The number of hydrogen-bond donors (Lipinski definition) is 2. The zero-order valence-electron chi connectivity index (χ0n) is 11.0. The lowest BCUT2D eigenvalue weighted by Gasteiger charge is -2.24. The van der Waals surface area contributed by atoms with E-state index < -0.39 is 18.6 Å². The Bertz CT molecular complexity index is 255. The summed E-state index contributed by atoms with van der Waals surface area (Å²) in [6, 6.07) is 0. The minimum absolute atomic E-state index is 0.0691. The second-order valence-corrected chi connectivity index (χ2v) is 4.90. The number of hydrogen-bond acceptors (Lipinski definition) is 3. The molecule has 0 unspecified atom stereocenters. The van der Waals surface area contributed by atoms with Crippen LogP contribution in [0.5, 0.6) is 0 Å². The maximum Gasteiger partial charge on any atom is 0.405 e. The van der Waals surface area contributed by atoms with Crippen molar-refractivity contribution in [2.24, 2.45) is 5.41 Å². The summed E-state index contributed by atoms with van der Waals surface area (Å²) in [6.45, 7) is 3.72. The van der Waals surface area contributed by atoms with Gasteiger partial charge in [0.2, 0.25) is 5.91 Å². The van der Waals surface area contributed by atoms with E-state index in [0.717, 1.165) is 6.42 Å². The van der Waals surface area contributed by atoms with Crippen molar-refractivity contribution in [1.82, 2.24) is 10.6 Å². The van der Waals surface area contributed by atoms with E-state index in [9.17, 15) is 18.0 Å². The van der Waals surface area contributed by atoms with Crippen LogP contribution in [-0.2, 0) is 9.53 Å². The van der Waals surface area contributed by atoms with E-state index in [4.69, 9.17) is 4.74 Å². The molecule has 0 aromatic rings. The predicted molar refractivity (Wildman–Crippen MR) is 62.2 cm³/mol. The highest BCUT2D eigenvalue weighted by molar-refractivity contribution is 5.77. The highest BCUT2D eigenvalue weighted by Gasteiger charge is 2.27. The van der Waals surface area contributed by atoms with Gasteiger partial charge in [-0.15, -0.1) is 0 Å². The fourth-order valence-corrected chi connectivity index (χ4v) is 1.24. The van der Waals surface area contributed by atoms with Crippen LogP contribution in [0, 0.1) is 5.41 Å². The average molecular weight is 270 g/mol. The Morgan fingerprint density at radius 3 is 2.33 bits per heavy atom. The SMILES string of the molecule is COCCC(C)(C)CNCC(=O)NCC(F)(F)F. The Labute approximate surface area is 105 Å². The highest BCUT2D eigenvalue weighted by atomic mass is 19.4. The van der Waals surface area contributed by atoms with Gasteiger partial charge in [0.1, 0.15) is 6.54 Å². The number of carbonyl (C=O) groups excluding carboxylic acids is 1. The molecule has 0 saturated heterocycles. The second kappa shape index (κ2) is 7.58. The number of amides is 1. The van der Waals surface area contributed by atoms with Gasteiger partial charge in [-0.1, -0.05) is 13.8 Å². The van der Waals surface area contributed by atoms with E-state index in [1.54, 1.807) is 12.4 Å². The lowest BCUT2D eigenvalue weighted by molar-refractivity contribution is -0.137. The van der Waals surface area contributed by atoms with Gasteiger partial charge in [-0.2, -0.15) is 13.2 Å². The molecule has 18 heavy (non-hydrogen) atoms. The van der Waals surface area contributed by atoms with Crippen LogP contribution in [0.3, 0.4) is 0 Å². The van der Waals surface area contributed by atoms with Gasteiger partial charge < -0.3 is 15.4 Å². The van der Waals surface area contributed by atoms with E-state index in [0.29, 0.717) is 13.2 Å². The van der Waals surface area contributed by atoms with E-state index in [1.165, 1.54) is 0 Å². The summed E-state index contributed by atoms with van der Waals surface area (Å²) in [5.41, 5.74) is -0.0691. The molecule has 0 aromatic carbocycles. The standard InChI is InChI=1S/C11H21F3N2O2/c1-10(2,4-5-18-3)7-15-6-9(17)16-8-11(12,13)14/h15H,4-8H2,1-3H3,(H,16,17). The molecule has 0 atom stereocenters. The smallest absolute Gasteiger partial charge is 0.385 e. The molecule has 1 amide bonds. The van der Waals surface area contributed by atoms with Crippen molar-refractivity contribution in [3.8, 4) is 0 Å². The zero-order chi connectivity index (χ0) is 14.2. The van der Waals surface area contributed by atoms with Crippen LogP contribution in [0.2, 0.25) is 0 Å². The van der Waals surface area contributed by atoms with Crippen molar-refractivity contribution < 1.29 is 22.7 Å². The molecule has 2 N–H and O–H groups in total. The van der Waals surface area contributed by atoms with Crippen molar-refractivity contribution in [1.29, 1.82) is 0 Å². The van der Waals surface area contributed by atoms with Gasteiger partial charge in [0, 0.05) is 20.3 Å². The van der Waals surface area contributed by atoms with Gasteiger partial charge in [0.15, 0.2) is 0 Å². The monoisotopic (exact) mass is 270 g/mol. The summed E-state index contributed by atoms with van der Waals surface area (Å²) in [6.07, 6.45) is -3.56. The largest absolute Gasteiger partial charge is 0.405 e. The molecule has 4 nitrogen and oxygen atoms in total. The van der Waals surface area contributed by atoms with Crippen LogP contribution < -0.4 is 10.6 Å². The summed E-state index contributed by atoms with van der Waals surface area (Å²) in [5.74, 6) is -0.658. The molecule has 0 fully saturated rings. The van der Waals surface area contributed by atoms with Gasteiger partial charge in [-0.3, -0.25) is 4.79 Å². The first-order valence-electron chi connectivity index (χ1n) is 5.69. The Morgan fingerprint density at radius 1 is 1.22 bits per heavy atom. The van der Waals surface area contributed by atoms with Crippen molar-refractivity contribution in [2.75, 3.05) is 33.4 Å². The topological polar surface area (TPSA) is 50.4 Å². The molecular formula is C11H21F3N2O2. The van der Waals surface area contributed by atoms with E-state index in [2.05, 4.69) is 5.32 Å². The first-order chi connectivity index (χ1) is 8.16. The summed E-state index contributed by atoms with van der Waals surface area (Å²) in [4.78, 5) is 11.1. The van der Waals surface area contributed by atoms with Crippen molar-refractivity contribution >= 4 is 5.91 Å². The number of nitrogens with one attached hydrogen (secondary N) is 2. The summed E-state index contributed by atoms with van der Waals surface area (Å²) in [5, 5.41) is 4.64. The highest BCUT2D eigenvalue weighted by Crippen LogP contribution is 2.18. The molecule has 0 aliphatic rings. The Hall–Kier alpha value is -0.820. The molecule has 0 rings (SSSR count). The molecule has 0 saturated carbocycles. The fourth-order valence-electron chi connectivity index (χ4n) is 1.24. The fraction of sp³-hybridized carbons (Fsp3) is 0.909. The van der Waals surface area contributed by atoms with Gasteiger partial charge >= 0.3 is 6.18 Å². The van der Waals surface area contributed by atoms with E-state index in [-0.39, 0.29) is 12.0 Å². The maximum absolute atomic E-state index is 11.8. The average Bonchev–Trinajstić information content (AvgIpc) is 2.22. The molecule has 0 aromatic heterocycles. The number of carbonyl (C=O) groups is 1. The third-order valence-corrected chi connectivity index (χ3v) is 2.36. The van der Waals surface area contributed by atoms with Crippen LogP contribution >= 0.6 is 0 Å².